The SMILES string of the molecule is C=C(C)CS(=O)(=O)C1OC(C)C(OC(C)=O)C(OC(C)=O)C1OC(C)=O. The van der Waals surface area contributed by atoms with E-state index in [1.165, 1.54) is 13.8 Å². The average Bonchev–Trinajstić information content (AvgIpc) is 2.42. The molecule has 148 valence electrons. The van der Waals surface area contributed by atoms with E-state index in [-0.39, 0.29) is 0 Å². The number of carbonyl (C=O) groups is 3. The summed E-state index contributed by atoms with van der Waals surface area (Å²) in [6.07, 6.45) is -4.91. The van der Waals surface area contributed by atoms with Crippen LogP contribution in [-0.4, -0.2) is 61.9 Å². The van der Waals surface area contributed by atoms with Crippen molar-refractivity contribution in [3.05, 3.63) is 12.2 Å². The molecule has 0 N–H and O–H groups in total. The zero-order valence-corrected chi connectivity index (χ0v) is 16.2. The van der Waals surface area contributed by atoms with Gasteiger partial charge in [0.05, 0.1) is 11.9 Å². The number of hydrogen-bond acceptors (Lipinski definition) is 9. The Hall–Kier alpha value is -1.94. The Morgan fingerprint density at radius 1 is 0.885 bits per heavy atom. The number of esters is 3. The summed E-state index contributed by atoms with van der Waals surface area (Å²) in [6.45, 7) is 9.88. The summed E-state index contributed by atoms with van der Waals surface area (Å²) in [5.74, 6) is -2.66. The molecule has 10 heteroatoms. The highest BCUT2D eigenvalue weighted by Crippen LogP contribution is 2.31. The number of ether oxygens (including phenoxy) is 4. The second-order valence-electron chi connectivity index (χ2n) is 6.20. The fraction of sp³-hybridized carbons (Fsp3) is 0.688. The lowest BCUT2D eigenvalue weighted by Gasteiger charge is -2.43. The summed E-state index contributed by atoms with van der Waals surface area (Å²) in [5, 5.41) is 0. The maximum Gasteiger partial charge on any atom is 0.303 e. The van der Waals surface area contributed by atoms with E-state index >= 15 is 0 Å². The van der Waals surface area contributed by atoms with E-state index in [0.29, 0.717) is 5.57 Å². The second kappa shape index (κ2) is 8.63. The predicted octanol–water partition coefficient (Wildman–Crippen LogP) is 0.517. The number of hydrogen-bond donors (Lipinski definition) is 0. The molecular formula is C16H24O9S. The Bertz CT molecular complexity index is 682. The second-order valence-corrected chi connectivity index (χ2v) is 8.28. The van der Waals surface area contributed by atoms with Crippen molar-refractivity contribution in [2.24, 2.45) is 0 Å². The van der Waals surface area contributed by atoms with E-state index < -0.39 is 63.3 Å². The third-order valence-electron chi connectivity index (χ3n) is 3.43. The van der Waals surface area contributed by atoms with E-state index in [0.717, 1.165) is 20.8 Å². The molecule has 9 nitrogen and oxygen atoms in total. The predicted molar refractivity (Wildman–Crippen MR) is 89.6 cm³/mol. The van der Waals surface area contributed by atoms with E-state index in [9.17, 15) is 22.8 Å². The van der Waals surface area contributed by atoms with Gasteiger partial charge in [0.25, 0.3) is 0 Å². The molecule has 5 atom stereocenters. The molecule has 1 fully saturated rings. The van der Waals surface area contributed by atoms with Gasteiger partial charge >= 0.3 is 17.9 Å². The summed E-state index contributed by atoms with van der Waals surface area (Å²) in [4.78, 5) is 34.4. The van der Waals surface area contributed by atoms with Gasteiger partial charge in [-0.2, -0.15) is 0 Å². The van der Waals surface area contributed by atoms with Crippen molar-refractivity contribution in [1.29, 1.82) is 0 Å². The van der Waals surface area contributed by atoms with Crippen molar-refractivity contribution in [1.82, 2.24) is 0 Å². The van der Waals surface area contributed by atoms with Crippen LogP contribution in [0.15, 0.2) is 12.2 Å². The molecule has 0 bridgehead atoms. The maximum atomic E-state index is 12.7. The van der Waals surface area contributed by atoms with Crippen LogP contribution in [0, 0.1) is 0 Å². The summed E-state index contributed by atoms with van der Waals surface area (Å²) in [6, 6.07) is 0. The zero-order chi connectivity index (χ0) is 20.2. The van der Waals surface area contributed by atoms with Gasteiger partial charge in [0.2, 0.25) is 0 Å². The maximum absolute atomic E-state index is 12.7. The largest absolute Gasteiger partial charge is 0.456 e. The third-order valence-corrected chi connectivity index (χ3v) is 5.42. The zero-order valence-electron chi connectivity index (χ0n) is 15.4. The molecule has 5 unspecified atom stereocenters. The topological polar surface area (TPSA) is 122 Å². The van der Waals surface area contributed by atoms with E-state index in [1.807, 2.05) is 0 Å². The minimum Gasteiger partial charge on any atom is -0.456 e. The lowest BCUT2D eigenvalue weighted by Crippen LogP contribution is -2.62. The van der Waals surface area contributed by atoms with Crippen LogP contribution in [0.4, 0.5) is 0 Å². The quantitative estimate of drug-likeness (QED) is 0.361. The first kappa shape index (κ1) is 22.1. The van der Waals surface area contributed by atoms with Gasteiger partial charge in [-0.3, -0.25) is 14.4 Å². The van der Waals surface area contributed by atoms with Crippen molar-refractivity contribution in [2.75, 3.05) is 5.75 Å². The first-order valence-electron chi connectivity index (χ1n) is 7.88. The van der Waals surface area contributed by atoms with Gasteiger partial charge in [0.15, 0.2) is 33.6 Å². The van der Waals surface area contributed by atoms with Crippen LogP contribution in [0.3, 0.4) is 0 Å². The summed E-state index contributed by atoms with van der Waals surface area (Å²) in [7, 11) is -3.96. The fourth-order valence-electron chi connectivity index (χ4n) is 2.68. The number of rotatable bonds is 6. The lowest BCUT2D eigenvalue weighted by molar-refractivity contribution is -0.230. The highest BCUT2D eigenvalue weighted by Gasteiger charge is 2.54. The molecule has 1 aliphatic heterocycles. The Balaban J connectivity index is 3.38. The van der Waals surface area contributed by atoms with E-state index in [4.69, 9.17) is 18.9 Å². The Labute approximate surface area is 152 Å². The molecule has 0 aromatic rings. The van der Waals surface area contributed by atoms with Gasteiger partial charge in [0.1, 0.15) is 0 Å². The number of carbonyl (C=O) groups excluding carboxylic acids is 3. The molecule has 1 aliphatic rings. The Morgan fingerprint density at radius 2 is 1.31 bits per heavy atom. The molecule has 0 aliphatic carbocycles. The fourth-order valence-corrected chi connectivity index (χ4v) is 4.50. The van der Waals surface area contributed by atoms with E-state index in [2.05, 4.69) is 6.58 Å². The van der Waals surface area contributed by atoms with Crippen LogP contribution < -0.4 is 0 Å². The van der Waals surface area contributed by atoms with Crippen LogP contribution >= 0.6 is 0 Å². The minimum atomic E-state index is -3.96. The van der Waals surface area contributed by atoms with E-state index in [1.54, 1.807) is 0 Å². The van der Waals surface area contributed by atoms with Gasteiger partial charge in [-0.05, 0) is 13.8 Å². The van der Waals surface area contributed by atoms with Crippen molar-refractivity contribution < 1.29 is 41.7 Å². The molecule has 0 spiro atoms. The molecule has 0 saturated carbocycles. The molecule has 1 heterocycles. The Morgan fingerprint density at radius 3 is 1.73 bits per heavy atom. The van der Waals surface area contributed by atoms with Crippen LogP contribution in [0.25, 0.3) is 0 Å². The third kappa shape index (κ3) is 5.80. The van der Waals surface area contributed by atoms with Crippen molar-refractivity contribution in [3.8, 4) is 0 Å². The molecular weight excluding hydrogens is 368 g/mol. The molecule has 0 amide bonds. The molecule has 0 aromatic heterocycles. The normalized spacial score (nSPS) is 28.7. The lowest BCUT2D eigenvalue weighted by atomic mass is 10.00. The smallest absolute Gasteiger partial charge is 0.303 e. The molecule has 1 saturated heterocycles. The van der Waals surface area contributed by atoms with Gasteiger partial charge in [0, 0.05) is 20.8 Å². The highest BCUT2D eigenvalue weighted by atomic mass is 32.2. The monoisotopic (exact) mass is 392 g/mol. The molecule has 26 heavy (non-hydrogen) atoms. The van der Waals surface area contributed by atoms with Gasteiger partial charge < -0.3 is 18.9 Å². The van der Waals surface area contributed by atoms with Gasteiger partial charge in [-0.1, -0.05) is 12.2 Å². The first-order valence-corrected chi connectivity index (χ1v) is 9.59. The average molecular weight is 392 g/mol. The van der Waals surface area contributed by atoms with Crippen LogP contribution in [-0.2, 0) is 43.2 Å². The summed E-state index contributed by atoms with van der Waals surface area (Å²) in [5.41, 5.74) is -1.25. The first-order chi connectivity index (χ1) is 11.8. The molecule has 0 radical (unpaired) electrons. The summed E-state index contributed by atoms with van der Waals surface area (Å²) >= 11 is 0. The van der Waals surface area contributed by atoms with Crippen molar-refractivity contribution in [3.63, 3.8) is 0 Å². The Kier molecular flexibility index (Phi) is 7.34. The molecule has 0 aromatic carbocycles. The van der Waals surface area contributed by atoms with Crippen LogP contribution in [0.2, 0.25) is 0 Å². The summed E-state index contributed by atoms with van der Waals surface area (Å²) < 4.78 is 46.2. The van der Waals surface area contributed by atoms with Crippen LogP contribution in [0.5, 0.6) is 0 Å². The van der Waals surface area contributed by atoms with Gasteiger partial charge in [-0.25, -0.2) is 8.42 Å². The minimum absolute atomic E-state index is 0.356. The number of sulfone groups is 1. The standard InChI is InChI=1S/C16H24O9S/c1-8(2)7-26(20,21)16-15(25-12(6)19)14(24-11(5)18)13(9(3)22-16)23-10(4)17/h9,13-16H,1,7H2,2-6H3. The van der Waals surface area contributed by atoms with Crippen molar-refractivity contribution in [2.45, 2.75) is 64.5 Å². The van der Waals surface area contributed by atoms with Crippen molar-refractivity contribution >= 4 is 27.7 Å². The van der Waals surface area contributed by atoms with Crippen LogP contribution in [0.1, 0.15) is 34.6 Å². The molecule has 1 rings (SSSR count). The highest BCUT2D eigenvalue weighted by molar-refractivity contribution is 7.92. The van der Waals surface area contributed by atoms with Gasteiger partial charge in [-0.15, -0.1) is 0 Å².